The van der Waals surface area contributed by atoms with Crippen molar-refractivity contribution < 1.29 is 14.3 Å². The number of amides is 1. The minimum atomic E-state index is -2.30. The Morgan fingerprint density at radius 2 is 1.21 bits per heavy atom. The fourth-order valence-corrected chi connectivity index (χ4v) is 10.3. The Kier molecular flexibility index (Phi) is 6.95. The number of ether oxygens (including phenoxy) is 1. The molecule has 4 atom stereocenters. The van der Waals surface area contributed by atoms with Gasteiger partial charge in [-0.25, -0.2) is 0 Å². The summed E-state index contributed by atoms with van der Waals surface area (Å²) in [5, 5.41) is -0.360. The Hall–Kier alpha value is -2.67. The Labute approximate surface area is 231 Å². The van der Waals surface area contributed by atoms with Crippen LogP contribution >= 0.6 is 11.8 Å². The van der Waals surface area contributed by atoms with Crippen molar-refractivity contribution in [3.05, 3.63) is 108 Å². The zero-order chi connectivity index (χ0) is 27.3. The first-order valence-corrected chi connectivity index (χ1v) is 17.2. The highest BCUT2D eigenvalue weighted by atomic mass is 32.2. The highest BCUT2D eigenvalue weighted by Gasteiger charge is 2.64. The fourth-order valence-electron chi connectivity index (χ4n) is 5.37. The number of carbonyl (C=O) groups excluding carboxylic acids is 2. The molecule has 0 aromatic heterocycles. The van der Waals surface area contributed by atoms with Gasteiger partial charge < -0.3 is 9.30 Å². The lowest BCUT2D eigenvalue weighted by Crippen LogP contribution is -2.74. The topological polar surface area (TPSA) is 49.9 Å². The molecule has 3 aromatic rings. The van der Waals surface area contributed by atoms with Gasteiger partial charge in [0.15, 0.2) is 14.0 Å². The molecule has 38 heavy (non-hydrogen) atoms. The number of rotatable bonds is 8. The zero-order valence-corrected chi connectivity index (χ0v) is 24.9. The van der Waals surface area contributed by atoms with Crippen LogP contribution in [-0.4, -0.2) is 42.1 Å². The first-order chi connectivity index (χ1) is 18.0. The van der Waals surface area contributed by atoms with Crippen LogP contribution in [-0.2, 0) is 19.1 Å². The van der Waals surface area contributed by atoms with E-state index in [0.29, 0.717) is 0 Å². The minimum absolute atomic E-state index is 0.0372. The molecule has 0 aliphatic carbocycles. The predicted octanol–water partition coefficient (Wildman–Crippen LogP) is 6.86. The molecule has 0 spiro atoms. The maximum atomic E-state index is 13.9. The van der Waals surface area contributed by atoms with Crippen LogP contribution in [0.4, 0.5) is 0 Å². The second-order valence-electron chi connectivity index (χ2n) is 11.9. The molecule has 0 bridgehead atoms. The van der Waals surface area contributed by atoms with Gasteiger partial charge in [0.1, 0.15) is 12.0 Å². The largest absolute Gasteiger partial charge is 0.362 e. The summed E-state index contributed by atoms with van der Waals surface area (Å²) in [7, 11) is -2.30. The second-order valence-corrected chi connectivity index (χ2v) is 18.4. The van der Waals surface area contributed by atoms with Crippen molar-refractivity contribution in [3.8, 4) is 0 Å². The average molecular weight is 544 g/mol. The molecule has 0 N–H and O–H groups in total. The Morgan fingerprint density at radius 3 is 1.55 bits per heavy atom. The van der Waals surface area contributed by atoms with Crippen LogP contribution in [0.5, 0.6) is 0 Å². The van der Waals surface area contributed by atoms with Gasteiger partial charge >= 0.3 is 0 Å². The zero-order valence-electron chi connectivity index (χ0n) is 23.0. The number of ketones is 1. The molecule has 2 saturated heterocycles. The molecule has 1 amide bonds. The van der Waals surface area contributed by atoms with Crippen molar-refractivity contribution in [2.24, 2.45) is 5.92 Å². The van der Waals surface area contributed by atoms with Gasteiger partial charge in [0, 0.05) is 0 Å². The van der Waals surface area contributed by atoms with Gasteiger partial charge in [-0.1, -0.05) is 125 Å². The number of epoxide rings is 1. The average Bonchev–Trinajstić information content (AvgIpc) is 3.64. The summed E-state index contributed by atoms with van der Waals surface area (Å²) < 4.78 is 7.07. The summed E-state index contributed by atoms with van der Waals surface area (Å²) in [5.41, 5.74) is 3.37. The van der Waals surface area contributed by atoms with Crippen LogP contribution in [0.15, 0.2) is 91.0 Å². The van der Waals surface area contributed by atoms with Crippen LogP contribution in [0.1, 0.15) is 44.4 Å². The lowest BCUT2D eigenvalue weighted by atomic mass is 9.84. The molecular weight excluding hydrogens is 507 g/mol. The van der Waals surface area contributed by atoms with E-state index in [-0.39, 0.29) is 28.2 Å². The Bertz CT molecular complexity index is 1210. The number of hydrogen-bond donors (Lipinski definition) is 0. The number of Topliss-reactive ketones (excluding diaryl/α,β-unsaturated/α-hetero) is 1. The molecule has 2 heterocycles. The van der Waals surface area contributed by atoms with E-state index in [1.165, 1.54) is 0 Å². The predicted molar refractivity (Wildman–Crippen MR) is 157 cm³/mol. The molecule has 2 aliphatic heterocycles. The van der Waals surface area contributed by atoms with Crippen molar-refractivity contribution in [3.63, 3.8) is 0 Å². The van der Waals surface area contributed by atoms with Crippen molar-refractivity contribution >= 4 is 31.7 Å². The number of carbonyl (C=O) groups is 2. The van der Waals surface area contributed by atoms with E-state index >= 15 is 0 Å². The fraction of sp³-hybridized carbons (Fsp3) is 0.375. The monoisotopic (exact) mass is 543 g/mol. The number of benzene rings is 3. The molecule has 4 nitrogen and oxygen atoms in total. The maximum Gasteiger partial charge on any atom is 0.229 e. The van der Waals surface area contributed by atoms with E-state index in [1.54, 1.807) is 11.8 Å². The summed E-state index contributed by atoms with van der Waals surface area (Å²) in [5.74, 6) is -0.817. The molecule has 2 fully saturated rings. The second kappa shape index (κ2) is 9.81. The maximum absolute atomic E-state index is 13.9. The van der Waals surface area contributed by atoms with E-state index in [0.717, 1.165) is 16.7 Å². The van der Waals surface area contributed by atoms with E-state index in [4.69, 9.17) is 4.74 Å². The molecule has 5 rings (SSSR count). The van der Waals surface area contributed by atoms with Gasteiger partial charge in [-0.15, -0.1) is 11.8 Å². The van der Waals surface area contributed by atoms with Crippen molar-refractivity contribution in [2.75, 3.05) is 0 Å². The van der Waals surface area contributed by atoms with Crippen LogP contribution < -0.4 is 0 Å². The molecule has 0 radical (unpaired) electrons. The van der Waals surface area contributed by atoms with Crippen molar-refractivity contribution in [2.45, 2.75) is 68.2 Å². The van der Waals surface area contributed by atoms with Gasteiger partial charge in [0.25, 0.3) is 0 Å². The van der Waals surface area contributed by atoms with Crippen LogP contribution in [0.2, 0.25) is 18.1 Å². The Balaban J connectivity index is 1.71. The first-order valence-electron chi connectivity index (χ1n) is 13.4. The summed E-state index contributed by atoms with van der Waals surface area (Å²) in [6, 6.07) is 31.4. The standard InChI is InChI=1S/C32H37NO3SSi/c1-22-28(36-22)27(34)26-29(35)33(38(5,6)31(2,3)4)30(26)37-32(23-16-10-7-11-17-23,24-18-12-8-13-19-24)25-20-14-9-15-21-25/h7-22,26,28,30H,1-6H3. The van der Waals surface area contributed by atoms with E-state index in [9.17, 15) is 9.59 Å². The lowest BCUT2D eigenvalue weighted by Gasteiger charge is -2.59. The molecule has 4 unspecified atom stereocenters. The van der Waals surface area contributed by atoms with Crippen LogP contribution in [0.25, 0.3) is 0 Å². The van der Waals surface area contributed by atoms with Crippen molar-refractivity contribution in [1.29, 1.82) is 0 Å². The number of hydrogen-bond acceptors (Lipinski definition) is 4. The van der Waals surface area contributed by atoms with Gasteiger partial charge in [0.2, 0.25) is 5.91 Å². The first kappa shape index (κ1) is 26.9. The third-order valence-electron chi connectivity index (χ3n) is 8.62. The van der Waals surface area contributed by atoms with Crippen LogP contribution in [0.3, 0.4) is 0 Å². The molecule has 3 aromatic carbocycles. The van der Waals surface area contributed by atoms with Gasteiger partial charge in [-0.3, -0.25) is 9.59 Å². The molecule has 6 heteroatoms. The normalized spacial score (nSPS) is 23.6. The van der Waals surface area contributed by atoms with Gasteiger partial charge in [0.05, 0.1) is 16.2 Å². The number of nitrogens with zero attached hydrogens (tertiary/aromatic N) is 1. The van der Waals surface area contributed by atoms with E-state index < -0.39 is 25.0 Å². The molecule has 198 valence electrons. The highest BCUT2D eigenvalue weighted by Crippen LogP contribution is 2.57. The number of β-lactam (4-membered cyclic amide) rings is 1. The van der Waals surface area contributed by atoms with Crippen molar-refractivity contribution in [1.82, 2.24) is 4.57 Å². The number of thioether (sulfide) groups is 1. The summed E-state index contributed by atoms with van der Waals surface area (Å²) >= 11 is 1.74. The third kappa shape index (κ3) is 4.36. The molecule has 2 aliphatic rings. The molecular formula is C32H37NO3SSi. The van der Waals surface area contributed by atoms with Gasteiger partial charge in [-0.2, -0.15) is 0 Å². The lowest BCUT2D eigenvalue weighted by molar-refractivity contribution is -0.150. The van der Waals surface area contributed by atoms with E-state index in [1.807, 2.05) is 25.1 Å². The van der Waals surface area contributed by atoms with Crippen LogP contribution in [0, 0.1) is 5.92 Å². The van der Waals surface area contributed by atoms with Gasteiger partial charge in [-0.05, 0) is 28.7 Å². The molecule has 0 saturated carbocycles. The summed E-state index contributed by atoms with van der Waals surface area (Å²) in [6.45, 7) is 13.1. The summed E-state index contributed by atoms with van der Waals surface area (Å²) in [6.07, 6.45) is -0.599. The van der Waals surface area contributed by atoms with E-state index in [2.05, 4.69) is 111 Å². The smallest absolute Gasteiger partial charge is 0.229 e. The highest BCUT2D eigenvalue weighted by molar-refractivity contribution is 8.01. The quantitative estimate of drug-likeness (QED) is 0.102. The SMILES string of the molecule is CC1OC1C(=O)C1C(=O)N([Si](C)(C)C(C)(C)C)C1SC(c1ccccc1)(c1ccccc1)c1ccccc1. The third-order valence-corrected chi connectivity index (χ3v) is 16.0. The summed E-state index contributed by atoms with van der Waals surface area (Å²) in [4.78, 5) is 27.6. The Morgan fingerprint density at radius 1 is 0.816 bits per heavy atom. The minimum Gasteiger partial charge on any atom is -0.362 e.